The predicted molar refractivity (Wildman–Crippen MR) is 129 cm³/mol. The number of phenols is 2. The fraction of sp³-hybridized carbons (Fsp3) is 0.520. The number of unbranched alkanes of at least 4 members (excludes halogenated alkanes) is 3. The van der Waals surface area contributed by atoms with Crippen LogP contribution in [0.3, 0.4) is 0 Å². The summed E-state index contributed by atoms with van der Waals surface area (Å²) in [7, 11) is -3.21. The molecule has 8 heteroatoms. The van der Waals surface area contributed by atoms with Gasteiger partial charge in [0, 0.05) is 31.0 Å². The van der Waals surface area contributed by atoms with Crippen LogP contribution in [0.1, 0.15) is 50.2 Å². The zero-order valence-electron chi connectivity index (χ0n) is 19.6. The van der Waals surface area contributed by atoms with E-state index in [0.717, 1.165) is 43.4 Å². The molecule has 33 heavy (non-hydrogen) atoms. The van der Waals surface area contributed by atoms with Crippen molar-refractivity contribution in [2.45, 2.75) is 62.8 Å². The molecular weight excluding hydrogens is 440 g/mol. The van der Waals surface area contributed by atoms with Crippen LogP contribution in [0.2, 0.25) is 0 Å². The van der Waals surface area contributed by atoms with Crippen molar-refractivity contribution >= 4 is 9.84 Å². The summed E-state index contributed by atoms with van der Waals surface area (Å²) in [6, 6.07) is 10.3. The van der Waals surface area contributed by atoms with Gasteiger partial charge < -0.3 is 14.9 Å². The lowest BCUT2D eigenvalue weighted by molar-refractivity contribution is 0.0999. The molecule has 182 valence electrons. The highest BCUT2D eigenvalue weighted by atomic mass is 32.2. The molecule has 0 bridgehead atoms. The molecule has 7 nitrogen and oxygen atoms in total. The van der Waals surface area contributed by atoms with Crippen LogP contribution in [-0.2, 0) is 22.7 Å². The molecule has 0 aromatic heterocycles. The number of nitrogens with zero attached hydrogens (tertiary/aromatic N) is 1. The largest absolute Gasteiger partial charge is 0.504 e. The third-order valence-electron chi connectivity index (χ3n) is 6.17. The Morgan fingerprint density at radius 3 is 2.55 bits per heavy atom. The highest BCUT2D eigenvalue weighted by Crippen LogP contribution is 2.36. The van der Waals surface area contributed by atoms with E-state index < -0.39 is 9.84 Å². The quantitative estimate of drug-likeness (QED) is 0.243. The van der Waals surface area contributed by atoms with Crippen LogP contribution in [0.4, 0.5) is 0 Å². The lowest BCUT2D eigenvalue weighted by atomic mass is 9.87. The number of aromatic hydroxyl groups is 2. The third kappa shape index (κ3) is 7.09. The van der Waals surface area contributed by atoms with Crippen molar-refractivity contribution in [1.29, 1.82) is 0 Å². The molecule has 1 atom stereocenters. The first-order valence-corrected chi connectivity index (χ1v) is 13.6. The van der Waals surface area contributed by atoms with E-state index in [1.54, 1.807) is 30.3 Å². The number of sulfone groups is 1. The Morgan fingerprint density at radius 1 is 1.09 bits per heavy atom. The van der Waals surface area contributed by atoms with Gasteiger partial charge in [-0.3, -0.25) is 5.43 Å². The molecule has 2 aromatic carbocycles. The van der Waals surface area contributed by atoms with E-state index in [2.05, 4.69) is 17.4 Å². The maximum atomic E-state index is 11.6. The van der Waals surface area contributed by atoms with Gasteiger partial charge in [0.15, 0.2) is 21.3 Å². The summed E-state index contributed by atoms with van der Waals surface area (Å²) in [5.74, 6) is 0.604. The van der Waals surface area contributed by atoms with Gasteiger partial charge >= 0.3 is 0 Å². The Kier molecular flexibility index (Phi) is 9.00. The van der Waals surface area contributed by atoms with Gasteiger partial charge in [0.05, 0.1) is 4.90 Å². The summed E-state index contributed by atoms with van der Waals surface area (Å²) in [5, 5.41) is 22.3. The molecule has 0 amide bonds. The minimum atomic E-state index is -3.21. The average Bonchev–Trinajstić information content (AvgIpc) is 2.80. The zero-order chi connectivity index (χ0) is 23.8. The lowest BCUT2D eigenvalue weighted by Crippen LogP contribution is -2.49. The van der Waals surface area contributed by atoms with E-state index in [0.29, 0.717) is 24.9 Å². The molecule has 0 spiro atoms. The highest BCUT2D eigenvalue weighted by Gasteiger charge is 2.26. The van der Waals surface area contributed by atoms with Crippen LogP contribution >= 0.6 is 0 Å². The van der Waals surface area contributed by atoms with Gasteiger partial charge in [-0.1, -0.05) is 32.3 Å². The highest BCUT2D eigenvalue weighted by molar-refractivity contribution is 7.90. The Balaban J connectivity index is 1.56. The first-order chi connectivity index (χ1) is 15.8. The van der Waals surface area contributed by atoms with Gasteiger partial charge in [0.2, 0.25) is 0 Å². The number of ether oxygens (including phenoxy) is 1. The summed E-state index contributed by atoms with van der Waals surface area (Å²) in [5.41, 5.74) is 5.48. The summed E-state index contributed by atoms with van der Waals surface area (Å²) >= 11 is 0. The second kappa shape index (κ2) is 11.7. The van der Waals surface area contributed by atoms with Crippen LogP contribution in [-0.4, -0.2) is 55.6 Å². The third-order valence-corrected chi connectivity index (χ3v) is 7.30. The van der Waals surface area contributed by atoms with Crippen LogP contribution in [0.15, 0.2) is 41.3 Å². The first kappa shape index (κ1) is 25.3. The minimum Gasteiger partial charge on any atom is -0.504 e. The summed E-state index contributed by atoms with van der Waals surface area (Å²) < 4.78 is 29.0. The molecule has 0 fully saturated rings. The van der Waals surface area contributed by atoms with Crippen molar-refractivity contribution in [3.63, 3.8) is 0 Å². The molecule has 1 aliphatic carbocycles. The first-order valence-electron chi connectivity index (χ1n) is 11.8. The van der Waals surface area contributed by atoms with E-state index in [-0.39, 0.29) is 16.4 Å². The maximum Gasteiger partial charge on any atom is 0.175 e. The van der Waals surface area contributed by atoms with Gasteiger partial charge in [0.25, 0.3) is 0 Å². The van der Waals surface area contributed by atoms with Crippen molar-refractivity contribution in [2.24, 2.45) is 0 Å². The number of benzene rings is 2. The van der Waals surface area contributed by atoms with Gasteiger partial charge in [-0.05, 0) is 61.6 Å². The van der Waals surface area contributed by atoms with Gasteiger partial charge in [-0.25, -0.2) is 13.4 Å². The molecule has 1 unspecified atom stereocenters. The smallest absolute Gasteiger partial charge is 0.175 e. The van der Waals surface area contributed by atoms with Gasteiger partial charge in [-0.15, -0.1) is 0 Å². The Morgan fingerprint density at radius 2 is 1.85 bits per heavy atom. The fourth-order valence-corrected chi connectivity index (χ4v) is 4.94. The topological polar surface area (TPSA) is 99.1 Å². The number of fused-ring (bicyclic) bond motifs is 1. The second-order valence-corrected chi connectivity index (χ2v) is 10.7. The molecular formula is C25H36N2O5S. The molecule has 2 aromatic rings. The molecule has 3 N–H and O–H groups in total. The number of rotatable bonds is 12. The average molecular weight is 477 g/mol. The van der Waals surface area contributed by atoms with E-state index in [9.17, 15) is 18.6 Å². The van der Waals surface area contributed by atoms with Crippen LogP contribution in [0.25, 0.3) is 0 Å². The summed E-state index contributed by atoms with van der Waals surface area (Å²) in [6.45, 7) is 4.23. The minimum absolute atomic E-state index is 0.0173. The molecule has 0 aliphatic heterocycles. The van der Waals surface area contributed by atoms with Gasteiger partial charge in [-0.2, -0.15) is 0 Å². The Hall–Kier alpha value is -2.29. The predicted octanol–water partition coefficient (Wildman–Crippen LogP) is 3.82. The maximum absolute atomic E-state index is 11.6. The normalized spacial score (nSPS) is 16.0. The molecule has 1 aliphatic rings. The van der Waals surface area contributed by atoms with Crippen molar-refractivity contribution in [3.8, 4) is 17.2 Å². The zero-order valence-corrected chi connectivity index (χ0v) is 20.4. The lowest BCUT2D eigenvalue weighted by Gasteiger charge is -2.36. The number of hydrogen-bond acceptors (Lipinski definition) is 7. The van der Waals surface area contributed by atoms with E-state index >= 15 is 0 Å². The second-order valence-electron chi connectivity index (χ2n) is 8.72. The monoisotopic (exact) mass is 476 g/mol. The van der Waals surface area contributed by atoms with Crippen molar-refractivity contribution in [1.82, 2.24) is 10.4 Å². The Labute approximate surface area is 197 Å². The Bertz CT molecular complexity index is 1010. The van der Waals surface area contributed by atoms with E-state index in [1.807, 2.05) is 6.07 Å². The number of phenolic OH excluding ortho intramolecular Hbond substituents is 2. The van der Waals surface area contributed by atoms with Crippen molar-refractivity contribution in [2.75, 3.05) is 26.0 Å². The van der Waals surface area contributed by atoms with Gasteiger partial charge in [0.1, 0.15) is 12.4 Å². The molecule has 0 radical (unpaired) electrons. The number of hydrazine groups is 1. The molecule has 0 heterocycles. The summed E-state index contributed by atoms with van der Waals surface area (Å²) in [6.07, 6.45) is 8.36. The molecule has 0 saturated heterocycles. The standard InChI is InChI=1S/C25H36N2O5S/c1-3-4-5-6-16-27(20-8-13-23-19(18-20)7-14-24(28)25(23)29)26-15-17-32-21-9-11-22(12-10-21)33(2,30)31/h7,9-12,14,20,26,28-29H,3-6,8,13,15-18H2,1-2H3. The van der Waals surface area contributed by atoms with E-state index in [4.69, 9.17) is 4.74 Å². The van der Waals surface area contributed by atoms with Crippen LogP contribution in [0, 0.1) is 0 Å². The molecule has 3 rings (SSSR count). The number of nitrogens with one attached hydrogen (secondary N) is 1. The SMILES string of the molecule is CCCCCCN(NCCOc1ccc(S(C)(=O)=O)cc1)C1CCc2c(ccc(O)c2O)C1. The molecule has 0 saturated carbocycles. The van der Waals surface area contributed by atoms with Crippen molar-refractivity contribution < 1.29 is 23.4 Å². The van der Waals surface area contributed by atoms with Crippen LogP contribution < -0.4 is 10.2 Å². The van der Waals surface area contributed by atoms with Crippen molar-refractivity contribution in [3.05, 3.63) is 47.5 Å². The number of hydrogen-bond donors (Lipinski definition) is 3. The fourth-order valence-electron chi connectivity index (χ4n) is 4.31. The summed E-state index contributed by atoms with van der Waals surface area (Å²) in [4.78, 5) is 0.281. The van der Waals surface area contributed by atoms with E-state index in [1.165, 1.54) is 25.5 Å². The van der Waals surface area contributed by atoms with Crippen LogP contribution in [0.5, 0.6) is 17.2 Å².